The van der Waals surface area contributed by atoms with Crippen molar-refractivity contribution in [2.24, 2.45) is 23.2 Å². The molecule has 0 atom stereocenters. The van der Waals surface area contributed by atoms with Crippen molar-refractivity contribution >= 4 is 0 Å². The third-order valence-electron chi connectivity index (χ3n) is 5.52. The Morgan fingerprint density at radius 1 is 0.778 bits per heavy atom. The average molecular weight is 251 g/mol. The van der Waals surface area contributed by atoms with Crippen molar-refractivity contribution in [2.45, 2.75) is 78.7 Å². The minimum Gasteiger partial charge on any atom is -0.311 e. The smallest absolute Gasteiger partial charge is 0.0153 e. The second-order valence-electron chi connectivity index (χ2n) is 8.46. The van der Waals surface area contributed by atoms with Gasteiger partial charge < -0.3 is 5.32 Å². The maximum absolute atomic E-state index is 3.84. The van der Waals surface area contributed by atoms with E-state index in [4.69, 9.17) is 0 Å². The van der Waals surface area contributed by atoms with E-state index < -0.39 is 0 Å². The van der Waals surface area contributed by atoms with Crippen molar-refractivity contribution in [1.29, 1.82) is 0 Å². The Bertz CT molecular complexity index is 262. The van der Waals surface area contributed by atoms with Gasteiger partial charge in [-0.25, -0.2) is 0 Å². The van der Waals surface area contributed by atoms with Gasteiger partial charge in [-0.2, -0.15) is 0 Å². The number of hydrogen-bond acceptors (Lipinski definition) is 1. The predicted octanol–water partition coefficient (Wildman–Crippen LogP) is 4.62. The highest BCUT2D eigenvalue weighted by molar-refractivity contribution is 4.95. The second kappa shape index (κ2) is 5.15. The molecule has 0 amide bonds. The Morgan fingerprint density at radius 2 is 1.28 bits per heavy atom. The normalized spacial score (nSPS) is 30.5. The van der Waals surface area contributed by atoms with Gasteiger partial charge in [-0.1, -0.05) is 20.8 Å². The SMILES string of the molecule is CC(C)(C)C1CCC(CNC(C)(C)C2CC2)CC1. The number of nitrogens with one attached hydrogen (secondary N) is 1. The summed E-state index contributed by atoms with van der Waals surface area (Å²) in [5, 5.41) is 3.84. The van der Waals surface area contributed by atoms with Crippen LogP contribution in [0.5, 0.6) is 0 Å². The zero-order chi connectivity index (χ0) is 13.4. The standard InChI is InChI=1S/C17H33N/c1-16(2,3)14-8-6-13(7-9-14)12-18-17(4,5)15-10-11-15/h13-15,18H,6-12H2,1-5H3. The van der Waals surface area contributed by atoms with Crippen LogP contribution < -0.4 is 5.32 Å². The Morgan fingerprint density at radius 3 is 1.72 bits per heavy atom. The lowest BCUT2D eigenvalue weighted by Crippen LogP contribution is -2.44. The summed E-state index contributed by atoms with van der Waals surface area (Å²) >= 11 is 0. The van der Waals surface area contributed by atoms with Crippen LogP contribution >= 0.6 is 0 Å². The molecule has 0 bridgehead atoms. The molecule has 0 aromatic rings. The Kier molecular flexibility index (Phi) is 4.11. The number of rotatable bonds is 4. The molecular formula is C17H33N. The molecule has 0 aromatic heterocycles. The lowest BCUT2D eigenvalue weighted by molar-refractivity contribution is 0.144. The van der Waals surface area contributed by atoms with Gasteiger partial charge in [0.2, 0.25) is 0 Å². The first kappa shape index (κ1) is 14.4. The first-order valence-electron chi connectivity index (χ1n) is 8.04. The van der Waals surface area contributed by atoms with Crippen molar-refractivity contribution in [1.82, 2.24) is 5.32 Å². The van der Waals surface area contributed by atoms with Gasteiger partial charge in [0.25, 0.3) is 0 Å². The topological polar surface area (TPSA) is 12.0 Å². The molecule has 0 aromatic carbocycles. The second-order valence-corrected chi connectivity index (χ2v) is 8.46. The highest BCUT2D eigenvalue weighted by Gasteiger charge is 2.38. The molecule has 0 unspecified atom stereocenters. The zero-order valence-electron chi connectivity index (χ0n) is 13.2. The van der Waals surface area contributed by atoms with Crippen LogP contribution in [-0.2, 0) is 0 Å². The summed E-state index contributed by atoms with van der Waals surface area (Å²) in [7, 11) is 0. The molecular weight excluding hydrogens is 218 g/mol. The molecule has 2 aliphatic rings. The van der Waals surface area contributed by atoms with Crippen molar-refractivity contribution < 1.29 is 0 Å². The molecule has 2 rings (SSSR count). The van der Waals surface area contributed by atoms with Crippen molar-refractivity contribution in [3.05, 3.63) is 0 Å². The Hall–Kier alpha value is -0.0400. The van der Waals surface area contributed by atoms with Crippen molar-refractivity contribution in [3.63, 3.8) is 0 Å². The quantitative estimate of drug-likeness (QED) is 0.769. The minimum atomic E-state index is 0.390. The molecule has 0 saturated heterocycles. The molecule has 2 saturated carbocycles. The van der Waals surface area contributed by atoms with E-state index in [1.54, 1.807) is 0 Å². The maximum Gasteiger partial charge on any atom is 0.0153 e. The fourth-order valence-electron chi connectivity index (χ4n) is 3.59. The van der Waals surface area contributed by atoms with Gasteiger partial charge in [0.15, 0.2) is 0 Å². The summed E-state index contributed by atoms with van der Waals surface area (Å²) in [6.07, 6.45) is 8.65. The van der Waals surface area contributed by atoms with Crippen molar-refractivity contribution in [2.75, 3.05) is 6.54 Å². The first-order valence-corrected chi connectivity index (χ1v) is 8.04. The molecule has 1 nitrogen and oxygen atoms in total. The van der Waals surface area contributed by atoms with Gasteiger partial charge in [-0.3, -0.25) is 0 Å². The Labute approximate surface area is 114 Å². The van der Waals surface area contributed by atoms with E-state index >= 15 is 0 Å². The van der Waals surface area contributed by atoms with Gasteiger partial charge in [-0.05, 0) is 82.1 Å². The van der Waals surface area contributed by atoms with E-state index in [1.165, 1.54) is 45.1 Å². The van der Waals surface area contributed by atoms with E-state index in [1.807, 2.05) is 0 Å². The Balaban J connectivity index is 1.70. The van der Waals surface area contributed by atoms with Crippen LogP contribution in [0, 0.1) is 23.2 Å². The van der Waals surface area contributed by atoms with Crippen LogP contribution in [0.25, 0.3) is 0 Å². The van der Waals surface area contributed by atoms with Crippen LogP contribution in [0.15, 0.2) is 0 Å². The molecule has 0 spiro atoms. The van der Waals surface area contributed by atoms with Crippen LogP contribution in [-0.4, -0.2) is 12.1 Å². The molecule has 18 heavy (non-hydrogen) atoms. The van der Waals surface area contributed by atoms with Crippen LogP contribution in [0.3, 0.4) is 0 Å². The van der Waals surface area contributed by atoms with E-state index in [9.17, 15) is 0 Å². The molecule has 2 aliphatic carbocycles. The first-order chi connectivity index (χ1) is 8.29. The molecule has 106 valence electrons. The predicted molar refractivity (Wildman–Crippen MR) is 79.7 cm³/mol. The fraction of sp³-hybridized carbons (Fsp3) is 1.00. The van der Waals surface area contributed by atoms with Crippen LogP contribution in [0.4, 0.5) is 0 Å². The summed E-state index contributed by atoms with van der Waals surface area (Å²) in [6.45, 7) is 13.3. The van der Waals surface area contributed by atoms with Crippen LogP contribution in [0.2, 0.25) is 0 Å². The van der Waals surface area contributed by atoms with Crippen molar-refractivity contribution in [3.8, 4) is 0 Å². The lowest BCUT2D eigenvalue weighted by atomic mass is 9.70. The molecule has 1 heteroatoms. The highest BCUT2D eigenvalue weighted by atomic mass is 15.0. The average Bonchev–Trinajstić information content (AvgIpc) is 3.10. The van der Waals surface area contributed by atoms with Gasteiger partial charge in [0.1, 0.15) is 0 Å². The largest absolute Gasteiger partial charge is 0.311 e. The third kappa shape index (κ3) is 3.73. The maximum atomic E-state index is 3.84. The molecule has 1 N–H and O–H groups in total. The monoisotopic (exact) mass is 251 g/mol. The molecule has 0 heterocycles. The highest BCUT2D eigenvalue weighted by Crippen LogP contribution is 2.41. The van der Waals surface area contributed by atoms with Gasteiger partial charge >= 0.3 is 0 Å². The van der Waals surface area contributed by atoms with E-state index in [2.05, 4.69) is 39.9 Å². The minimum absolute atomic E-state index is 0.390. The van der Waals surface area contributed by atoms with E-state index in [-0.39, 0.29) is 0 Å². The summed E-state index contributed by atoms with van der Waals surface area (Å²) in [4.78, 5) is 0. The summed E-state index contributed by atoms with van der Waals surface area (Å²) in [5.74, 6) is 2.83. The summed E-state index contributed by atoms with van der Waals surface area (Å²) in [5.41, 5.74) is 0.909. The van der Waals surface area contributed by atoms with Gasteiger partial charge in [-0.15, -0.1) is 0 Å². The molecule has 2 fully saturated rings. The third-order valence-corrected chi connectivity index (χ3v) is 5.52. The lowest BCUT2D eigenvalue weighted by Gasteiger charge is -2.38. The van der Waals surface area contributed by atoms with Crippen LogP contribution in [0.1, 0.15) is 73.1 Å². The summed E-state index contributed by atoms with van der Waals surface area (Å²) < 4.78 is 0. The molecule has 0 aliphatic heterocycles. The van der Waals surface area contributed by atoms with E-state index in [0.29, 0.717) is 11.0 Å². The van der Waals surface area contributed by atoms with Gasteiger partial charge in [0.05, 0.1) is 0 Å². The van der Waals surface area contributed by atoms with E-state index in [0.717, 1.165) is 17.8 Å². The van der Waals surface area contributed by atoms with Gasteiger partial charge in [0, 0.05) is 5.54 Å². The number of hydrogen-bond donors (Lipinski definition) is 1. The molecule has 0 radical (unpaired) electrons. The fourth-order valence-corrected chi connectivity index (χ4v) is 3.59. The summed E-state index contributed by atoms with van der Waals surface area (Å²) in [6, 6.07) is 0. The zero-order valence-corrected chi connectivity index (χ0v) is 13.2.